The van der Waals surface area contributed by atoms with Crippen LogP contribution in [-0.2, 0) is 19.6 Å². The van der Waals surface area contributed by atoms with Gasteiger partial charge < -0.3 is 10.5 Å². The lowest BCUT2D eigenvalue weighted by atomic mass is 10.0. The molecule has 0 aliphatic heterocycles. The number of sulfonamides is 1. The average molecular weight is 328 g/mol. The first kappa shape index (κ1) is 18.6. The van der Waals surface area contributed by atoms with Crippen molar-refractivity contribution in [1.29, 1.82) is 0 Å². The fourth-order valence-electron chi connectivity index (χ4n) is 2.14. The van der Waals surface area contributed by atoms with E-state index in [0.29, 0.717) is 6.42 Å². The van der Waals surface area contributed by atoms with Gasteiger partial charge in [0.1, 0.15) is 6.04 Å². The topological polar surface area (TPSA) is 89.7 Å². The van der Waals surface area contributed by atoms with Crippen molar-refractivity contribution in [1.82, 2.24) is 4.31 Å². The third-order valence-corrected chi connectivity index (χ3v) is 5.02. The number of esters is 1. The molecule has 0 radical (unpaired) electrons. The third-order valence-electron chi connectivity index (χ3n) is 3.13. The van der Waals surface area contributed by atoms with E-state index >= 15 is 0 Å². The Kier molecular flexibility index (Phi) is 6.99. The minimum Gasteiger partial charge on any atom is -0.465 e. The maximum absolute atomic E-state index is 12.7. The number of rotatable bonds is 8. The number of ether oxygens (including phenoxy) is 1. The van der Waals surface area contributed by atoms with Crippen LogP contribution in [0.15, 0.2) is 35.2 Å². The van der Waals surface area contributed by atoms with Gasteiger partial charge >= 0.3 is 5.97 Å². The summed E-state index contributed by atoms with van der Waals surface area (Å²) >= 11 is 0. The van der Waals surface area contributed by atoms with Gasteiger partial charge in [0.15, 0.2) is 0 Å². The van der Waals surface area contributed by atoms with E-state index in [9.17, 15) is 13.2 Å². The molecule has 1 atom stereocenters. The lowest BCUT2D eigenvalue weighted by Gasteiger charge is -2.29. The molecule has 6 nitrogen and oxygen atoms in total. The molecule has 0 fully saturated rings. The molecule has 0 amide bonds. The van der Waals surface area contributed by atoms with Crippen LogP contribution in [0.25, 0.3) is 0 Å². The van der Waals surface area contributed by atoms with Crippen molar-refractivity contribution >= 4 is 16.0 Å². The van der Waals surface area contributed by atoms with Gasteiger partial charge in [-0.2, -0.15) is 4.31 Å². The smallest absolute Gasteiger partial charge is 0.324 e. The highest BCUT2D eigenvalue weighted by Crippen LogP contribution is 2.21. The zero-order chi connectivity index (χ0) is 16.8. The molecule has 0 aliphatic rings. The predicted molar refractivity (Wildman–Crippen MR) is 84.4 cm³/mol. The van der Waals surface area contributed by atoms with Gasteiger partial charge in [0.05, 0.1) is 18.2 Å². The Morgan fingerprint density at radius 3 is 2.32 bits per heavy atom. The Hall–Kier alpha value is -1.44. The molecule has 7 heteroatoms. The lowest BCUT2D eigenvalue weighted by Crippen LogP contribution is -2.49. The van der Waals surface area contributed by atoms with Crippen molar-refractivity contribution in [3.8, 4) is 0 Å². The zero-order valence-electron chi connectivity index (χ0n) is 13.2. The maximum atomic E-state index is 12.7. The van der Waals surface area contributed by atoms with Crippen LogP contribution in [0, 0.1) is 5.92 Å². The minimum atomic E-state index is -3.85. The highest BCUT2D eigenvalue weighted by atomic mass is 32.2. The number of carbonyl (C=O) groups is 1. The van der Waals surface area contributed by atoms with Gasteiger partial charge in [-0.3, -0.25) is 4.79 Å². The van der Waals surface area contributed by atoms with Crippen molar-refractivity contribution in [2.24, 2.45) is 11.7 Å². The number of nitrogens with two attached hydrogens (primary N) is 1. The normalized spacial score (nSPS) is 13.4. The average Bonchev–Trinajstić information content (AvgIpc) is 2.47. The summed E-state index contributed by atoms with van der Waals surface area (Å²) < 4.78 is 31.5. The summed E-state index contributed by atoms with van der Waals surface area (Å²) in [6, 6.07) is 7.02. The molecule has 0 saturated carbocycles. The largest absolute Gasteiger partial charge is 0.465 e. The summed E-state index contributed by atoms with van der Waals surface area (Å²) in [6.45, 7) is 5.42. The van der Waals surface area contributed by atoms with Gasteiger partial charge in [-0.25, -0.2) is 8.42 Å². The van der Waals surface area contributed by atoms with Crippen LogP contribution in [0.2, 0.25) is 0 Å². The molecule has 124 valence electrons. The van der Waals surface area contributed by atoms with Crippen molar-refractivity contribution in [3.05, 3.63) is 30.3 Å². The second-order valence-corrected chi connectivity index (χ2v) is 7.18. The number of hydrogen-bond acceptors (Lipinski definition) is 5. The molecule has 0 heterocycles. The van der Waals surface area contributed by atoms with Crippen LogP contribution in [0.1, 0.15) is 27.2 Å². The number of nitrogens with zero attached hydrogens (tertiary/aromatic N) is 1. The molecule has 0 saturated heterocycles. The molecule has 0 spiro atoms. The predicted octanol–water partition coefficient (Wildman–Crippen LogP) is 1.57. The van der Waals surface area contributed by atoms with Crippen LogP contribution >= 0.6 is 0 Å². The third kappa shape index (κ3) is 4.53. The lowest BCUT2D eigenvalue weighted by molar-refractivity contribution is -0.148. The van der Waals surface area contributed by atoms with Gasteiger partial charge in [-0.1, -0.05) is 32.0 Å². The standard InChI is InChI=1S/C15H24N2O4S/c1-4-21-15(18)14(10-12(2)3)17(11-16)22(19,20)13-8-6-5-7-9-13/h5-9,12,14H,4,10-11,16H2,1-3H3/t14-/m0/s1. The highest BCUT2D eigenvalue weighted by Gasteiger charge is 2.36. The SMILES string of the molecule is CCOC(=O)[C@H](CC(C)C)N(CN)S(=O)(=O)c1ccccc1. The Morgan fingerprint density at radius 1 is 1.27 bits per heavy atom. The van der Waals surface area contributed by atoms with Gasteiger partial charge in [0, 0.05) is 0 Å². The zero-order valence-corrected chi connectivity index (χ0v) is 14.0. The Labute approximate surface area is 132 Å². The van der Waals surface area contributed by atoms with E-state index in [4.69, 9.17) is 10.5 Å². The monoisotopic (exact) mass is 328 g/mol. The van der Waals surface area contributed by atoms with Gasteiger partial charge in [-0.05, 0) is 31.4 Å². The summed E-state index contributed by atoms with van der Waals surface area (Å²) in [6.07, 6.45) is 0.349. The van der Waals surface area contributed by atoms with Gasteiger partial charge in [-0.15, -0.1) is 0 Å². The molecule has 1 rings (SSSR count). The number of benzene rings is 1. The molecule has 1 aromatic carbocycles. The molecule has 0 aromatic heterocycles. The van der Waals surface area contributed by atoms with E-state index < -0.39 is 22.0 Å². The molecule has 0 bridgehead atoms. The highest BCUT2D eigenvalue weighted by molar-refractivity contribution is 7.89. The van der Waals surface area contributed by atoms with E-state index in [1.54, 1.807) is 25.1 Å². The molecule has 2 N–H and O–H groups in total. The summed E-state index contributed by atoms with van der Waals surface area (Å²) in [5, 5.41) is 0. The molecular weight excluding hydrogens is 304 g/mol. The Morgan fingerprint density at radius 2 is 1.86 bits per heavy atom. The van der Waals surface area contributed by atoms with E-state index in [2.05, 4.69) is 0 Å². The Balaban J connectivity index is 3.20. The van der Waals surface area contributed by atoms with Crippen molar-refractivity contribution in [2.75, 3.05) is 13.3 Å². The van der Waals surface area contributed by atoms with E-state index in [-0.39, 0.29) is 24.1 Å². The van der Waals surface area contributed by atoms with Gasteiger partial charge in [0.25, 0.3) is 0 Å². The maximum Gasteiger partial charge on any atom is 0.324 e. The molecule has 0 aliphatic carbocycles. The molecular formula is C15H24N2O4S. The quantitative estimate of drug-likeness (QED) is 0.578. The fourth-order valence-corrected chi connectivity index (χ4v) is 3.61. The summed E-state index contributed by atoms with van der Waals surface area (Å²) in [4.78, 5) is 12.3. The second kappa shape index (κ2) is 8.26. The van der Waals surface area contributed by atoms with E-state index in [1.165, 1.54) is 12.1 Å². The van der Waals surface area contributed by atoms with Crippen molar-refractivity contribution in [3.63, 3.8) is 0 Å². The van der Waals surface area contributed by atoms with Crippen LogP contribution < -0.4 is 5.73 Å². The van der Waals surface area contributed by atoms with Crippen LogP contribution in [-0.4, -0.2) is 38.0 Å². The van der Waals surface area contributed by atoms with Crippen LogP contribution in [0.4, 0.5) is 0 Å². The van der Waals surface area contributed by atoms with E-state index in [1.807, 2.05) is 13.8 Å². The second-order valence-electron chi connectivity index (χ2n) is 5.29. The minimum absolute atomic E-state index is 0.110. The van der Waals surface area contributed by atoms with Gasteiger partial charge in [0.2, 0.25) is 10.0 Å². The fraction of sp³-hybridized carbons (Fsp3) is 0.533. The Bertz CT molecular complexity index is 572. The molecule has 22 heavy (non-hydrogen) atoms. The molecule has 1 aromatic rings. The summed E-state index contributed by atoms with van der Waals surface area (Å²) in [5.74, 6) is -0.449. The number of hydrogen-bond donors (Lipinski definition) is 1. The van der Waals surface area contributed by atoms with E-state index in [0.717, 1.165) is 4.31 Å². The summed E-state index contributed by atoms with van der Waals surface area (Å²) in [5.41, 5.74) is 5.65. The first-order chi connectivity index (χ1) is 10.3. The molecule has 0 unspecified atom stereocenters. The van der Waals surface area contributed by atoms with Crippen LogP contribution in [0.5, 0.6) is 0 Å². The first-order valence-electron chi connectivity index (χ1n) is 7.28. The summed E-state index contributed by atoms with van der Waals surface area (Å²) in [7, 11) is -3.85. The van der Waals surface area contributed by atoms with Crippen LogP contribution in [0.3, 0.4) is 0 Å². The number of carbonyl (C=O) groups excluding carboxylic acids is 1. The first-order valence-corrected chi connectivity index (χ1v) is 8.72. The van der Waals surface area contributed by atoms with Crippen molar-refractivity contribution < 1.29 is 17.9 Å². The van der Waals surface area contributed by atoms with Crippen molar-refractivity contribution in [2.45, 2.75) is 38.1 Å².